The Kier molecular flexibility index (Phi) is 5.58. The number of hydrogen-bond acceptors (Lipinski definition) is 4. The SMILES string of the molecule is Cc1cc(N2CCCC2)c(F)cc1C=C1C(=O)NC(=S)N(c2ccc(Cl)cc2)C1=O. The number of thiocarbonyl (C=S) groups is 1. The molecule has 0 unspecified atom stereocenters. The zero-order valence-electron chi connectivity index (χ0n) is 16.2. The number of carbonyl (C=O) groups is 2. The van der Waals surface area contributed by atoms with E-state index in [0.29, 0.717) is 22.0 Å². The van der Waals surface area contributed by atoms with E-state index in [2.05, 4.69) is 5.32 Å². The minimum absolute atomic E-state index is 0.0169. The van der Waals surface area contributed by atoms with Crippen LogP contribution in [0.3, 0.4) is 0 Å². The topological polar surface area (TPSA) is 52.7 Å². The third-order valence-electron chi connectivity index (χ3n) is 5.27. The molecule has 0 aliphatic carbocycles. The lowest BCUT2D eigenvalue weighted by Crippen LogP contribution is -2.54. The highest BCUT2D eigenvalue weighted by Gasteiger charge is 2.34. The first-order valence-corrected chi connectivity index (χ1v) is 10.4. The number of nitrogens with zero attached hydrogens (tertiary/aromatic N) is 2. The Balaban J connectivity index is 1.70. The van der Waals surface area contributed by atoms with Crippen LogP contribution in [-0.4, -0.2) is 30.0 Å². The van der Waals surface area contributed by atoms with Crippen LogP contribution >= 0.6 is 23.8 Å². The van der Waals surface area contributed by atoms with E-state index >= 15 is 0 Å². The zero-order valence-corrected chi connectivity index (χ0v) is 17.8. The standard InChI is InChI=1S/C22H19ClFN3O2S/c1-13-10-19(26-8-2-3-9-26)18(24)12-14(13)11-17-20(28)25-22(30)27(21(17)29)16-6-4-15(23)5-7-16/h4-7,10-12H,2-3,8-9H2,1H3,(H,25,28,30). The van der Waals surface area contributed by atoms with E-state index in [1.54, 1.807) is 30.3 Å². The van der Waals surface area contributed by atoms with Crippen LogP contribution in [0.2, 0.25) is 5.02 Å². The molecule has 2 amide bonds. The third-order valence-corrected chi connectivity index (χ3v) is 5.81. The molecule has 2 aliphatic rings. The van der Waals surface area contributed by atoms with Gasteiger partial charge < -0.3 is 4.90 Å². The zero-order chi connectivity index (χ0) is 21.4. The summed E-state index contributed by atoms with van der Waals surface area (Å²) in [5, 5.41) is 3.02. The van der Waals surface area contributed by atoms with Crippen LogP contribution in [-0.2, 0) is 9.59 Å². The van der Waals surface area contributed by atoms with Crippen molar-refractivity contribution in [3.8, 4) is 0 Å². The number of benzene rings is 2. The second kappa shape index (κ2) is 8.16. The van der Waals surface area contributed by atoms with Crippen molar-refractivity contribution < 1.29 is 14.0 Å². The average molecular weight is 444 g/mol. The molecule has 2 aromatic carbocycles. The highest BCUT2D eigenvalue weighted by Crippen LogP contribution is 2.29. The highest BCUT2D eigenvalue weighted by molar-refractivity contribution is 7.80. The van der Waals surface area contributed by atoms with E-state index in [0.717, 1.165) is 31.5 Å². The summed E-state index contributed by atoms with van der Waals surface area (Å²) in [5.41, 5.74) is 2.16. The van der Waals surface area contributed by atoms with Gasteiger partial charge >= 0.3 is 0 Å². The van der Waals surface area contributed by atoms with Gasteiger partial charge in [-0.25, -0.2) is 4.39 Å². The van der Waals surface area contributed by atoms with Crippen LogP contribution in [0.4, 0.5) is 15.8 Å². The molecule has 8 heteroatoms. The van der Waals surface area contributed by atoms with Gasteiger partial charge in [0.05, 0.1) is 11.4 Å². The van der Waals surface area contributed by atoms with E-state index in [4.69, 9.17) is 23.8 Å². The molecular formula is C22H19ClFN3O2S. The molecule has 154 valence electrons. The van der Waals surface area contributed by atoms with Crippen LogP contribution in [0.25, 0.3) is 6.08 Å². The Morgan fingerprint density at radius 3 is 2.47 bits per heavy atom. The summed E-state index contributed by atoms with van der Waals surface area (Å²) in [5.74, 6) is -1.56. The lowest BCUT2D eigenvalue weighted by Gasteiger charge is -2.29. The van der Waals surface area contributed by atoms with Crippen LogP contribution in [0.15, 0.2) is 42.0 Å². The minimum atomic E-state index is -0.612. The predicted octanol–water partition coefficient (Wildman–Crippen LogP) is 4.22. The number of anilines is 2. The van der Waals surface area contributed by atoms with Crippen LogP contribution in [0.1, 0.15) is 24.0 Å². The molecule has 2 aromatic rings. The monoisotopic (exact) mass is 443 g/mol. The first-order chi connectivity index (χ1) is 14.3. The summed E-state index contributed by atoms with van der Waals surface area (Å²) < 4.78 is 14.8. The minimum Gasteiger partial charge on any atom is -0.369 e. The summed E-state index contributed by atoms with van der Waals surface area (Å²) in [7, 11) is 0. The fourth-order valence-corrected chi connectivity index (χ4v) is 4.08. The molecule has 2 fully saturated rings. The first kappa shape index (κ1) is 20.5. The first-order valence-electron chi connectivity index (χ1n) is 9.57. The maximum absolute atomic E-state index is 14.8. The molecule has 0 bridgehead atoms. The molecule has 0 atom stereocenters. The second-order valence-corrected chi connectivity index (χ2v) is 8.11. The van der Waals surface area contributed by atoms with Gasteiger partial charge in [-0.15, -0.1) is 0 Å². The lowest BCUT2D eigenvalue weighted by atomic mass is 10.0. The Morgan fingerprint density at radius 1 is 1.13 bits per heavy atom. The van der Waals surface area contributed by atoms with Crippen molar-refractivity contribution in [2.75, 3.05) is 22.9 Å². The van der Waals surface area contributed by atoms with Crippen molar-refractivity contribution in [1.29, 1.82) is 0 Å². The smallest absolute Gasteiger partial charge is 0.270 e. The maximum atomic E-state index is 14.8. The van der Waals surface area contributed by atoms with Gasteiger partial charge in [0.25, 0.3) is 11.8 Å². The number of halogens is 2. The maximum Gasteiger partial charge on any atom is 0.270 e. The molecule has 2 saturated heterocycles. The normalized spacial score (nSPS) is 18.4. The van der Waals surface area contributed by atoms with E-state index in [1.165, 1.54) is 17.0 Å². The van der Waals surface area contributed by atoms with Gasteiger partial charge in [0.1, 0.15) is 11.4 Å². The summed E-state index contributed by atoms with van der Waals surface area (Å²) >= 11 is 11.1. The second-order valence-electron chi connectivity index (χ2n) is 7.29. The van der Waals surface area contributed by atoms with Crippen molar-refractivity contribution >= 4 is 58.2 Å². The van der Waals surface area contributed by atoms with Gasteiger partial charge in [-0.1, -0.05) is 11.6 Å². The van der Waals surface area contributed by atoms with Crippen molar-refractivity contribution in [3.63, 3.8) is 0 Å². The Morgan fingerprint density at radius 2 is 1.80 bits per heavy atom. The van der Waals surface area contributed by atoms with Gasteiger partial charge in [-0.3, -0.25) is 19.8 Å². The number of carbonyl (C=O) groups excluding carboxylic acids is 2. The average Bonchev–Trinajstić information content (AvgIpc) is 3.23. The summed E-state index contributed by atoms with van der Waals surface area (Å²) in [4.78, 5) is 28.8. The molecule has 4 rings (SSSR count). The number of aryl methyl sites for hydroxylation is 1. The fourth-order valence-electron chi connectivity index (χ4n) is 3.68. The molecule has 0 aromatic heterocycles. The highest BCUT2D eigenvalue weighted by atomic mass is 35.5. The summed E-state index contributed by atoms with van der Waals surface area (Å²) in [6.45, 7) is 3.48. The number of nitrogens with one attached hydrogen (secondary N) is 1. The molecular weight excluding hydrogens is 425 g/mol. The lowest BCUT2D eigenvalue weighted by molar-refractivity contribution is -0.122. The van der Waals surface area contributed by atoms with Crippen LogP contribution < -0.4 is 15.1 Å². The van der Waals surface area contributed by atoms with Gasteiger partial charge in [0.2, 0.25) is 0 Å². The summed E-state index contributed by atoms with van der Waals surface area (Å²) in [6, 6.07) is 9.66. The number of amides is 2. The van der Waals surface area contributed by atoms with Crippen LogP contribution in [0, 0.1) is 12.7 Å². The molecule has 0 spiro atoms. The molecule has 2 heterocycles. The van der Waals surface area contributed by atoms with E-state index in [1.807, 2.05) is 11.8 Å². The molecule has 5 nitrogen and oxygen atoms in total. The van der Waals surface area contributed by atoms with Gasteiger partial charge in [0, 0.05) is 18.1 Å². The molecule has 0 saturated carbocycles. The van der Waals surface area contributed by atoms with Gasteiger partial charge in [0.15, 0.2) is 5.11 Å². The largest absolute Gasteiger partial charge is 0.369 e. The number of rotatable bonds is 3. The van der Waals surface area contributed by atoms with E-state index < -0.39 is 11.8 Å². The Labute approximate surface area is 184 Å². The molecule has 1 N–H and O–H groups in total. The molecule has 0 radical (unpaired) electrons. The van der Waals surface area contributed by atoms with Gasteiger partial charge in [-0.2, -0.15) is 0 Å². The van der Waals surface area contributed by atoms with Crippen molar-refractivity contribution in [2.45, 2.75) is 19.8 Å². The van der Waals surface area contributed by atoms with E-state index in [-0.39, 0.29) is 16.5 Å². The van der Waals surface area contributed by atoms with Crippen molar-refractivity contribution in [1.82, 2.24) is 5.32 Å². The van der Waals surface area contributed by atoms with Crippen LogP contribution in [0.5, 0.6) is 0 Å². The van der Waals surface area contributed by atoms with E-state index in [9.17, 15) is 14.0 Å². The Hall–Kier alpha value is -2.77. The Bertz CT molecular complexity index is 1080. The molecule has 2 aliphatic heterocycles. The predicted molar refractivity (Wildman–Crippen MR) is 120 cm³/mol. The van der Waals surface area contributed by atoms with Gasteiger partial charge in [-0.05, 0) is 85.6 Å². The number of hydrogen-bond donors (Lipinski definition) is 1. The third kappa shape index (κ3) is 3.82. The quantitative estimate of drug-likeness (QED) is 0.438. The molecule has 30 heavy (non-hydrogen) atoms. The van der Waals surface area contributed by atoms with Crippen molar-refractivity contribution in [2.24, 2.45) is 0 Å². The fraction of sp³-hybridized carbons (Fsp3) is 0.227. The summed E-state index contributed by atoms with van der Waals surface area (Å²) in [6.07, 6.45) is 3.49. The van der Waals surface area contributed by atoms with Crippen molar-refractivity contribution in [3.05, 3.63) is 63.9 Å².